The maximum Gasteiger partial charge on any atom is 0.0732 e. The van der Waals surface area contributed by atoms with E-state index >= 15 is 0 Å². The van der Waals surface area contributed by atoms with Gasteiger partial charge in [-0.15, -0.1) is 0 Å². The molecule has 98 valence electrons. The minimum Gasteiger partial charge on any atom is -0.391 e. The van der Waals surface area contributed by atoms with Crippen LogP contribution in [0.4, 0.5) is 0 Å². The van der Waals surface area contributed by atoms with Crippen LogP contribution in [-0.4, -0.2) is 16.2 Å². The van der Waals surface area contributed by atoms with Gasteiger partial charge >= 0.3 is 0 Å². The first-order valence-electron chi connectivity index (χ1n) is 6.58. The number of rotatable bonds is 5. The van der Waals surface area contributed by atoms with E-state index in [9.17, 15) is 5.11 Å². The van der Waals surface area contributed by atoms with Gasteiger partial charge < -0.3 is 15.8 Å². The van der Waals surface area contributed by atoms with Gasteiger partial charge in [-0.3, -0.25) is 0 Å². The van der Waals surface area contributed by atoms with Crippen molar-refractivity contribution in [1.82, 2.24) is 4.98 Å². The van der Waals surface area contributed by atoms with Crippen molar-refractivity contribution in [3.8, 4) is 0 Å². The number of aromatic amines is 1. The van der Waals surface area contributed by atoms with Gasteiger partial charge in [0.15, 0.2) is 0 Å². The first kappa shape index (κ1) is 13.1. The predicted molar refractivity (Wildman–Crippen MR) is 75.3 cm³/mol. The summed E-state index contributed by atoms with van der Waals surface area (Å²) in [6.45, 7) is 4.31. The molecule has 0 aliphatic heterocycles. The Hall–Kier alpha value is -1.32. The molecule has 0 unspecified atom stereocenters. The third-order valence-electron chi connectivity index (χ3n) is 3.42. The number of nitrogens with one attached hydrogen (secondary N) is 1. The van der Waals surface area contributed by atoms with Crippen molar-refractivity contribution in [3.05, 3.63) is 36.0 Å². The van der Waals surface area contributed by atoms with Crippen LogP contribution < -0.4 is 5.73 Å². The Morgan fingerprint density at radius 3 is 2.72 bits per heavy atom. The summed E-state index contributed by atoms with van der Waals surface area (Å²) in [5, 5.41) is 11.3. The van der Waals surface area contributed by atoms with E-state index in [1.54, 1.807) is 0 Å². The lowest BCUT2D eigenvalue weighted by molar-refractivity contribution is 0.128. The Kier molecular flexibility index (Phi) is 4.04. The molecule has 0 spiro atoms. The van der Waals surface area contributed by atoms with Crippen LogP contribution in [0.15, 0.2) is 30.5 Å². The topological polar surface area (TPSA) is 62.0 Å². The highest BCUT2D eigenvalue weighted by Gasteiger charge is 2.17. The second kappa shape index (κ2) is 5.55. The van der Waals surface area contributed by atoms with E-state index in [0.29, 0.717) is 5.92 Å². The van der Waals surface area contributed by atoms with E-state index in [1.807, 2.05) is 30.5 Å². The van der Waals surface area contributed by atoms with Gasteiger partial charge in [-0.25, -0.2) is 0 Å². The zero-order valence-electron chi connectivity index (χ0n) is 11.1. The standard InChI is InChI=1S/C15H22N2O/c1-10(2)3-6-14(18)15(16)12-5-4-11-7-8-17-13(11)9-12/h4-5,7-10,14-15,17-18H,3,6,16H2,1-2H3/t14-,15+/m0/s1. The zero-order chi connectivity index (χ0) is 13.1. The maximum atomic E-state index is 10.1. The molecular formula is C15H22N2O. The fourth-order valence-electron chi connectivity index (χ4n) is 2.18. The molecule has 2 rings (SSSR count). The van der Waals surface area contributed by atoms with Crippen LogP contribution in [0.25, 0.3) is 10.9 Å². The van der Waals surface area contributed by atoms with Gasteiger partial charge in [0.1, 0.15) is 0 Å². The maximum absolute atomic E-state index is 10.1. The predicted octanol–water partition coefficient (Wildman–Crippen LogP) is 2.96. The number of hydrogen-bond acceptors (Lipinski definition) is 2. The molecule has 1 aromatic carbocycles. The number of hydrogen-bond donors (Lipinski definition) is 3. The SMILES string of the molecule is CC(C)CC[C@H](O)[C@H](N)c1ccc2cc[nH]c2c1. The summed E-state index contributed by atoms with van der Waals surface area (Å²) in [6.07, 6.45) is 3.19. The van der Waals surface area contributed by atoms with Crippen molar-refractivity contribution >= 4 is 10.9 Å². The molecule has 4 N–H and O–H groups in total. The van der Waals surface area contributed by atoms with Gasteiger partial charge in [0.05, 0.1) is 12.1 Å². The lowest BCUT2D eigenvalue weighted by Gasteiger charge is -2.20. The quantitative estimate of drug-likeness (QED) is 0.759. The third kappa shape index (κ3) is 2.92. The summed E-state index contributed by atoms with van der Waals surface area (Å²) in [7, 11) is 0. The number of nitrogens with two attached hydrogens (primary N) is 1. The van der Waals surface area contributed by atoms with E-state index in [0.717, 1.165) is 23.9 Å². The number of aliphatic hydroxyl groups is 1. The highest BCUT2D eigenvalue weighted by molar-refractivity contribution is 5.79. The molecule has 0 aliphatic rings. The van der Waals surface area contributed by atoms with Crippen LogP contribution in [0.3, 0.4) is 0 Å². The molecule has 1 heterocycles. The summed E-state index contributed by atoms with van der Waals surface area (Å²) in [6, 6.07) is 7.78. The molecule has 1 aromatic heterocycles. The van der Waals surface area contributed by atoms with Crippen LogP contribution in [0, 0.1) is 5.92 Å². The molecule has 0 amide bonds. The van der Waals surface area contributed by atoms with E-state index in [2.05, 4.69) is 18.8 Å². The van der Waals surface area contributed by atoms with E-state index in [4.69, 9.17) is 5.73 Å². The van der Waals surface area contributed by atoms with Crippen molar-refractivity contribution in [3.63, 3.8) is 0 Å². The normalized spacial score (nSPS) is 15.2. The Balaban J connectivity index is 2.09. The number of aromatic nitrogens is 1. The number of fused-ring (bicyclic) bond motifs is 1. The fraction of sp³-hybridized carbons (Fsp3) is 0.467. The molecule has 0 radical (unpaired) electrons. The summed E-state index contributed by atoms with van der Waals surface area (Å²) in [5.74, 6) is 0.595. The molecule has 0 aliphatic carbocycles. The molecule has 0 bridgehead atoms. The van der Waals surface area contributed by atoms with E-state index in [-0.39, 0.29) is 6.04 Å². The van der Waals surface area contributed by atoms with Crippen molar-refractivity contribution in [2.24, 2.45) is 11.7 Å². The summed E-state index contributed by atoms with van der Waals surface area (Å²) >= 11 is 0. The minimum atomic E-state index is -0.472. The minimum absolute atomic E-state index is 0.309. The molecule has 2 aromatic rings. The Labute approximate surface area is 108 Å². The molecule has 0 fully saturated rings. The lowest BCUT2D eigenvalue weighted by atomic mass is 9.95. The highest BCUT2D eigenvalue weighted by atomic mass is 16.3. The second-order valence-corrected chi connectivity index (χ2v) is 5.39. The Bertz CT molecular complexity index is 504. The van der Waals surface area contributed by atoms with Gasteiger partial charge in [0, 0.05) is 11.7 Å². The zero-order valence-corrected chi connectivity index (χ0v) is 11.1. The molecule has 0 saturated carbocycles. The monoisotopic (exact) mass is 246 g/mol. The van der Waals surface area contributed by atoms with Crippen molar-refractivity contribution < 1.29 is 5.11 Å². The van der Waals surface area contributed by atoms with Crippen LogP contribution in [0.2, 0.25) is 0 Å². The number of aliphatic hydroxyl groups excluding tert-OH is 1. The second-order valence-electron chi connectivity index (χ2n) is 5.39. The van der Waals surface area contributed by atoms with Crippen molar-refractivity contribution in [2.45, 2.75) is 38.8 Å². The highest BCUT2D eigenvalue weighted by Crippen LogP contribution is 2.22. The van der Waals surface area contributed by atoms with E-state index < -0.39 is 6.10 Å². The van der Waals surface area contributed by atoms with Gasteiger partial charge in [-0.05, 0) is 41.8 Å². The van der Waals surface area contributed by atoms with Gasteiger partial charge in [-0.1, -0.05) is 26.0 Å². The molecule has 2 atom stereocenters. The third-order valence-corrected chi connectivity index (χ3v) is 3.42. The van der Waals surface area contributed by atoms with Gasteiger partial charge in [-0.2, -0.15) is 0 Å². The lowest BCUT2D eigenvalue weighted by Crippen LogP contribution is -2.26. The molecule has 18 heavy (non-hydrogen) atoms. The smallest absolute Gasteiger partial charge is 0.0732 e. The average Bonchev–Trinajstić information content (AvgIpc) is 2.81. The van der Waals surface area contributed by atoms with Crippen LogP contribution >= 0.6 is 0 Å². The Morgan fingerprint density at radius 1 is 1.22 bits per heavy atom. The van der Waals surface area contributed by atoms with Gasteiger partial charge in [0.25, 0.3) is 0 Å². The number of benzene rings is 1. The summed E-state index contributed by atoms with van der Waals surface area (Å²) in [5.41, 5.74) is 8.18. The van der Waals surface area contributed by atoms with Crippen LogP contribution in [0.5, 0.6) is 0 Å². The van der Waals surface area contributed by atoms with Gasteiger partial charge in [0.2, 0.25) is 0 Å². The fourth-order valence-corrected chi connectivity index (χ4v) is 2.18. The largest absolute Gasteiger partial charge is 0.391 e. The first-order valence-corrected chi connectivity index (χ1v) is 6.58. The molecule has 3 heteroatoms. The number of H-pyrrole nitrogens is 1. The van der Waals surface area contributed by atoms with Crippen LogP contribution in [-0.2, 0) is 0 Å². The van der Waals surface area contributed by atoms with Crippen LogP contribution in [0.1, 0.15) is 38.3 Å². The average molecular weight is 246 g/mol. The first-order chi connectivity index (χ1) is 8.58. The Morgan fingerprint density at radius 2 is 2.00 bits per heavy atom. The van der Waals surface area contributed by atoms with E-state index in [1.165, 1.54) is 5.39 Å². The van der Waals surface area contributed by atoms with Crippen molar-refractivity contribution in [2.75, 3.05) is 0 Å². The van der Waals surface area contributed by atoms with Crippen molar-refractivity contribution in [1.29, 1.82) is 0 Å². The molecular weight excluding hydrogens is 224 g/mol. The summed E-state index contributed by atoms with van der Waals surface area (Å²) < 4.78 is 0. The molecule has 0 saturated heterocycles. The molecule has 3 nitrogen and oxygen atoms in total. The summed E-state index contributed by atoms with van der Waals surface area (Å²) in [4.78, 5) is 3.17.